The van der Waals surface area contributed by atoms with Crippen LogP contribution < -0.4 is 0 Å². The molecule has 80 heavy (non-hydrogen) atoms. The predicted octanol–water partition coefficient (Wildman–Crippen LogP) is 25.1. The summed E-state index contributed by atoms with van der Waals surface area (Å²) < 4.78 is 10.8. The summed E-state index contributed by atoms with van der Waals surface area (Å²) in [6.45, 7) is 4.19. The van der Waals surface area contributed by atoms with Gasteiger partial charge in [0.25, 0.3) is 0 Å². The standard InChI is InChI=1S/C75H140O5/c1-3-5-7-9-11-13-15-17-19-21-23-25-27-29-30-31-32-33-34-35-36-37-38-39-40-41-42-43-44-46-48-50-52-54-56-58-60-62-64-66-68-70-75(78)80-73(71-76)72-79-74(77)69-67-65-63-61-59-57-55-53-51-49-47-45-28-26-24-22-20-18-16-14-12-10-8-6-4-2/h15,17,21-24,27,29,73,76H,3-14,16,18-20,25-26,28,30-72H2,1-2H3/b17-15-,23-21-,24-22-,29-27-. The Bertz CT molecular complexity index is 1320. The quantitative estimate of drug-likeness (QED) is 0.0373. The number of carbonyl (C=O) groups excluding carboxylic acids is 2. The number of unbranched alkanes of at least 4 members (excludes halogenated alkanes) is 52. The maximum Gasteiger partial charge on any atom is 0.306 e. The van der Waals surface area contributed by atoms with E-state index in [9.17, 15) is 14.7 Å². The zero-order valence-corrected chi connectivity index (χ0v) is 54.1. The van der Waals surface area contributed by atoms with Crippen molar-refractivity contribution in [2.45, 2.75) is 405 Å². The van der Waals surface area contributed by atoms with Crippen LogP contribution in [0.2, 0.25) is 0 Å². The number of aliphatic hydroxyl groups is 1. The number of carbonyl (C=O) groups is 2. The molecule has 0 amide bonds. The van der Waals surface area contributed by atoms with Crippen LogP contribution in [-0.4, -0.2) is 36.4 Å². The zero-order chi connectivity index (χ0) is 57.6. The minimum Gasteiger partial charge on any atom is -0.462 e. The number of allylic oxidation sites excluding steroid dienone is 8. The molecule has 0 aliphatic rings. The maximum absolute atomic E-state index is 12.4. The van der Waals surface area contributed by atoms with Gasteiger partial charge in [-0.1, -0.05) is 358 Å². The minimum absolute atomic E-state index is 0.0602. The van der Waals surface area contributed by atoms with Crippen LogP contribution in [0.15, 0.2) is 48.6 Å². The van der Waals surface area contributed by atoms with Crippen molar-refractivity contribution >= 4 is 11.9 Å². The van der Waals surface area contributed by atoms with Crippen LogP contribution in [0, 0.1) is 0 Å². The van der Waals surface area contributed by atoms with Gasteiger partial charge in [0.2, 0.25) is 0 Å². The average molecular weight is 1120 g/mol. The predicted molar refractivity (Wildman–Crippen MR) is 353 cm³/mol. The van der Waals surface area contributed by atoms with Gasteiger partial charge in [-0.15, -0.1) is 0 Å². The third-order valence-corrected chi connectivity index (χ3v) is 16.6. The Hall–Kier alpha value is -2.14. The fourth-order valence-electron chi connectivity index (χ4n) is 11.2. The summed E-state index contributed by atoms with van der Waals surface area (Å²) >= 11 is 0. The summed E-state index contributed by atoms with van der Waals surface area (Å²) in [7, 11) is 0. The molecule has 0 saturated carbocycles. The van der Waals surface area contributed by atoms with Crippen LogP contribution in [0.1, 0.15) is 399 Å². The lowest BCUT2D eigenvalue weighted by atomic mass is 10.0. The summed E-state index contributed by atoms with van der Waals surface area (Å²) in [5.74, 6) is -0.568. The third kappa shape index (κ3) is 68.4. The van der Waals surface area contributed by atoms with Gasteiger partial charge in [-0.25, -0.2) is 0 Å². The molecule has 0 aliphatic carbocycles. The van der Waals surface area contributed by atoms with E-state index in [1.165, 1.54) is 321 Å². The fourth-order valence-corrected chi connectivity index (χ4v) is 11.2. The lowest BCUT2D eigenvalue weighted by Gasteiger charge is -2.15. The number of aliphatic hydroxyl groups excluding tert-OH is 1. The van der Waals surface area contributed by atoms with E-state index in [4.69, 9.17) is 9.47 Å². The molecular formula is C75H140O5. The molecule has 5 nitrogen and oxygen atoms in total. The van der Waals surface area contributed by atoms with Crippen LogP contribution >= 0.6 is 0 Å². The molecule has 1 atom stereocenters. The second kappa shape index (κ2) is 71.1. The summed E-state index contributed by atoms with van der Waals surface area (Å²) in [6, 6.07) is 0. The first-order valence-corrected chi connectivity index (χ1v) is 36.2. The van der Waals surface area contributed by atoms with Crippen LogP contribution in [0.25, 0.3) is 0 Å². The largest absolute Gasteiger partial charge is 0.462 e. The van der Waals surface area contributed by atoms with Crippen molar-refractivity contribution in [2.24, 2.45) is 0 Å². The Labute approximate surface area is 500 Å². The van der Waals surface area contributed by atoms with Crippen molar-refractivity contribution in [1.29, 1.82) is 0 Å². The van der Waals surface area contributed by atoms with Crippen molar-refractivity contribution in [3.8, 4) is 0 Å². The van der Waals surface area contributed by atoms with Crippen LogP contribution in [0.5, 0.6) is 0 Å². The molecular weight excluding hydrogens is 981 g/mol. The molecule has 0 bridgehead atoms. The van der Waals surface area contributed by atoms with Gasteiger partial charge in [0.1, 0.15) is 6.61 Å². The number of hydrogen-bond donors (Lipinski definition) is 1. The molecule has 0 fully saturated rings. The molecule has 0 aliphatic heterocycles. The molecule has 0 aromatic heterocycles. The van der Waals surface area contributed by atoms with Crippen molar-refractivity contribution in [3.63, 3.8) is 0 Å². The smallest absolute Gasteiger partial charge is 0.306 e. The van der Waals surface area contributed by atoms with Gasteiger partial charge in [-0.3, -0.25) is 9.59 Å². The van der Waals surface area contributed by atoms with Gasteiger partial charge < -0.3 is 14.6 Å². The van der Waals surface area contributed by atoms with Crippen LogP contribution in [0.4, 0.5) is 0 Å². The highest BCUT2D eigenvalue weighted by Gasteiger charge is 2.16. The van der Waals surface area contributed by atoms with E-state index < -0.39 is 6.10 Å². The SMILES string of the molecule is CCCCCCC/C=C\C/C=C\C/C=C\CCCCCCCCCCCCCCCCCCCCCCCCCCCCC(=O)OC(CO)COC(=O)CCCCCCCCCCCCCCC/C=C\CCCCCCCCCC. The second-order valence-electron chi connectivity index (χ2n) is 24.7. The molecule has 1 N–H and O–H groups in total. The van der Waals surface area contributed by atoms with Crippen molar-refractivity contribution in [2.75, 3.05) is 13.2 Å². The normalized spacial score (nSPS) is 12.4. The lowest BCUT2D eigenvalue weighted by molar-refractivity contribution is -0.161. The summed E-state index contributed by atoms with van der Waals surface area (Å²) in [5.41, 5.74) is 0. The monoisotopic (exact) mass is 1120 g/mol. The first-order chi connectivity index (χ1) is 39.6. The van der Waals surface area contributed by atoms with E-state index in [2.05, 4.69) is 62.5 Å². The van der Waals surface area contributed by atoms with Crippen molar-refractivity contribution in [3.05, 3.63) is 48.6 Å². The highest BCUT2D eigenvalue weighted by Crippen LogP contribution is 2.19. The number of rotatable bonds is 68. The Balaban J connectivity index is 3.38. The Morgan fingerprint density at radius 1 is 0.287 bits per heavy atom. The molecule has 0 spiro atoms. The van der Waals surface area contributed by atoms with Gasteiger partial charge in [-0.2, -0.15) is 0 Å². The summed E-state index contributed by atoms with van der Waals surface area (Å²) in [6.07, 6.45) is 95.9. The highest BCUT2D eigenvalue weighted by molar-refractivity contribution is 5.70. The molecule has 470 valence electrons. The molecule has 5 heteroatoms. The topological polar surface area (TPSA) is 72.8 Å². The number of hydrogen-bond acceptors (Lipinski definition) is 5. The fraction of sp³-hybridized carbons (Fsp3) is 0.867. The second-order valence-corrected chi connectivity index (χ2v) is 24.7. The summed E-state index contributed by atoms with van der Waals surface area (Å²) in [5, 5.41) is 9.70. The maximum atomic E-state index is 12.4. The lowest BCUT2D eigenvalue weighted by Crippen LogP contribution is -2.28. The van der Waals surface area contributed by atoms with Gasteiger partial charge in [-0.05, 0) is 77.0 Å². The Morgan fingerprint density at radius 2 is 0.500 bits per heavy atom. The van der Waals surface area contributed by atoms with Gasteiger partial charge in [0, 0.05) is 12.8 Å². The molecule has 0 heterocycles. The summed E-state index contributed by atoms with van der Waals surface area (Å²) in [4.78, 5) is 24.6. The van der Waals surface area contributed by atoms with E-state index in [1.54, 1.807) is 0 Å². The average Bonchev–Trinajstić information content (AvgIpc) is 3.46. The molecule has 0 aromatic rings. The molecule has 1 unspecified atom stereocenters. The zero-order valence-electron chi connectivity index (χ0n) is 54.1. The van der Waals surface area contributed by atoms with Crippen molar-refractivity contribution in [1.82, 2.24) is 0 Å². The van der Waals surface area contributed by atoms with E-state index in [0.717, 1.165) is 51.4 Å². The molecule has 0 radical (unpaired) electrons. The molecule has 0 saturated heterocycles. The van der Waals surface area contributed by atoms with Crippen molar-refractivity contribution < 1.29 is 24.2 Å². The number of esters is 2. The minimum atomic E-state index is -0.771. The first kappa shape index (κ1) is 77.9. The van der Waals surface area contributed by atoms with Crippen LogP contribution in [-0.2, 0) is 19.1 Å². The number of ether oxygens (including phenoxy) is 2. The third-order valence-electron chi connectivity index (χ3n) is 16.6. The van der Waals surface area contributed by atoms with E-state index >= 15 is 0 Å². The van der Waals surface area contributed by atoms with Gasteiger partial charge in [0.15, 0.2) is 6.10 Å². The Kier molecular flexibility index (Phi) is 69.2. The van der Waals surface area contributed by atoms with E-state index in [-0.39, 0.29) is 25.2 Å². The highest BCUT2D eigenvalue weighted by atomic mass is 16.6. The van der Waals surface area contributed by atoms with E-state index in [1.807, 2.05) is 0 Å². The molecule has 0 aromatic carbocycles. The van der Waals surface area contributed by atoms with Gasteiger partial charge in [0.05, 0.1) is 6.61 Å². The van der Waals surface area contributed by atoms with E-state index in [0.29, 0.717) is 12.8 Å². The first-order valence-electron chi connectivity index (χ1n) is 36.2. The Morgan fingerprint density at radius 3 is 0.762 bits per heavy atom. The van der Waals surface area contributed by atoms with Gasteiger partial charge >= 0.3 is 11.9 Å². The van der Waals surface area contributed by atoms with Crippen LogP contribution in [0.3, 0.4) is 0 Å². The molecule has 0 rings (SSSR count).